The second-order valence-corrected chi connectivity index (χ2v) is 4.93. The first-order valence-corrected chi connectivity index (χ1v) is 6.54. The summed E-state index contributed by atoms with van der Waals surface area (Å²) < 4.78 is 5.25. The van der Waals surface area contributed by atoms with Gasteiger partial charge in [-0.3, -0.25) is 5.41 Å². The zero-order chi connectivity index (χ0) is 13.8. The molecule has 1 unspecified atom stereocenters. The lowest BCUT2D eigenvalue weighted by Crippen LogP contribution is -2.38. The van der Waals surface area contributed by atoms with Crippen molar-refractivity contribution in [3.05, 3.63) is 23.8 Å². The number of nitrogens with zero attached hydrogens (tertiary/aromatic N) is 1. The number of anilines is 1. The molecule has 1 aromatic rings. The van der Waals surface area contributed by atoms with Gasteiger partial charge in [-0.1, -0.05) is 0 Å². The van der Waals surface area contributed by atoms with Crippen molar-refractivity contribution >= 4 is 11.5 Å². The van der Waals surface area contributed by atoms with E-state index < -0.39 is 0 Å². The molecule has 1 atom stereocenters. The van der Waals surface area contributed by atoms with Crippen molar-refractivity contribution in [1.29, 1.82) is 5.41 Å². The third-order valence-corrected chi connectivity index (χ3v) is 3.61. The Hall–Kier alpha value is -1.75. The third kappa shape index (κ3) is 2.98. The largest absolute Gasteiger partial charge is 0.497 e. The van der Waals surface area contributed by atoms with Gasteiger partial charge in [-0.15, -0.1) is 0 Å². The van der Waals surface area contributed by atoms with E-state index in [2.05, 4.69) is 4.90 Å². The minimum absolute atomic E-state index is 0.0591. The van der Waals surface area contributed by atoms with Crippen molar-refractivity contribution in [2.45, 2.75) is 12.8 Å². The number of amidine groups is 1. The second kappa shape index (κ2) is 5.93. The molecule has 1 fully saturated rings. The van der Waals surface area contributed by atoms with Crippen molar-refractivity contribution in [2.24, 2.45) is 11.7 Å². The summed E-state index contributed by atoms with van der Waals surface area (Å²) in [6.45, 7) is 1.92. The fraction of sp³-hybridized carbons (Fsp3) is 0.500. The number of rotatable bonds is 4. The van der Waals surface area contributed by atoms with Crippen LogP contribution in [0, 0.1) is 11.3 Å². The standard InChI is InChI=1S/C14H21N3O2/c1-19-11-4-5-12(14(15)16)13(7-11)17-6-2-3-10(8-17)9-18/h4-5,7,10,18H,2-3,6,8-9H2,1H3,(H3,15,16). The second-order valence-electron chi connectivity index (χ2n) is 4.93. The zero-order valence-corrected chi connectivity index (χ0v) is 11.2. The Morgan fingerprint density at radius 3 is 3.00 bits per heavy atom. The lowest BCUT2D eigenvalue weighted by atomic mass is 9.97. The SMILES string of the molecule is COc1ccc(C(=N)N)c(N2CCCC(CO)C2)c1. The average Bonchev–Trinajstić information content (AvgIpc) is 2.46. The summed E-state index contributed by atoms with van der Waals surface area (Å²) in [4.78, 5) is 2.18. The Balaban J connectivity index is 2.32. The van der Waals surface area contributed by atoms with E-state index in [9.17, 15) is 5.11 Å². The van der Waals surface area contributed by atoms with Gasteiger partial charge in [0.25, 0.3) is 0 Å². The first-order chi connectivity index (χ1) is 9.15. The number of aliphatic hydroxyl groups is 1. The molecule has 0 aliphatic carbocycles. The van der Waals surface area contributed by atoms with Crippen molar-refractivity contribution in [3.8, 4) is 5.75 Å². The van der Waals surface area contributed by atoms with E-state index in [1.807, 2.05) is 18.2 Å². The van der Waals surface area contributed by atoms with Crippen molar-refractivity contribution in [2.75, 3.05) is 31.7 Å². The minimum Gasteiger partial charge on any atom is -0.497 e. The van der Waals surface area contributed by atoms with Crippen molar-refractivity contribution in [3.63, 3.8) is 0 Å². The number of nitrogens with one attached hydrogen (secondary N) is 1. The number of methoxy groups -OCH3 is 1. The van der Waals surface area contributed by atoms with Crippen LogP contribution in [0.2, 0.25) is 0 Å². The summed E-state index contributed by atoms with van der Waals surface area (Å²) >= 11 is 0. The van der Waals surface area contributed by atoms with Crippen LogP contribution in [0.15, 0.2) is 18.2 Å². The van der Waals surface area contributed by atoms with Crippen LogP contribution in [0.5, 0.6) is 5.75 Å². The summed E-state index contributed by atoms with van der Waals surface area (Å²) in [5, 5.41) is 17.0. The monoisotopic (exact) mass is 263 g/mol. The smallest absolute Gasteiger partial charge is 0.124 e. The van der Waals surface area contributed by atoms with E-state index >= 15 is 0 Å². The van der Waals surface area contributed by atoms with Crippen LogP contribution in [0.1, 0.15) is 18.4 Å². The molecule has 1 heterocycles. The van der Waals surface area contributed by atoms with Gasteiger partial charge >= 0.3 is 0 Å². The quantitative estimate of drug-likeness (QED) is 0.563. The lowest BCUT2D eigenvalue weighted by Gasteiger charge is -2.34. The van der Waals surface area contributed by atoms with Gasteiger partial charge in [0.15, 0.2) is 0 Å². The molecule has 0 amide bonds. The predicted octanol–water partition coefficient (Wildman–Crippen LogP) is 1.19. The number of hydrogen-bond acceptors (Lipinski definition) is 4. The summed E-state index contributed by atoms with van der Waals surface area (Å²) in [5.41, 5.74) is 7.29. The molecule has 4 N–H and O–H groups in total. The van der Waals surface area contributed by atoms with Gasteiger partial charge in [0.1, 0.15) is 11.6 Å². The number of ether oxygens (including phenoxy) is 1. The number of benzene rings is 1. The fourth-order valence-electron chi connectivity index (χ4n) is 2.56. The minimum atomic E-state index is 0.0591. The number of piperidine rings is 1. The highest BCUT2D eigenvalue weighted by atomic mass is 16.5. The normalized spacial score (nSPS) is 19.3. The molecule has 1 aliphatic rings. The van der Waals surface area contributed by atoms with Crippen LogP contribution in [-0.4, -0.2) is 37.7 Å². The fourth-order valence-corrected chi connectivity index (χ4v) is 2.56. The first kappa shape index (κ1) is 13.7. The molecular formula is C14H21N3O2. The zero-order valence-electron chi connectivity index (χ0n) is 11.2. The van der Waals surface area contributed by atoms with Crippen LogP contribution in [-0.2, 0) is 0 Å². The van der Waals surface area contributed by atoms with Crippen LogP contribution in [0.3, 0.4) is 0 Å². The van der Waals surface area contributed by atoms with Crippen LogP contribution < -0.4 is 15.4 Å². The van der Waals surface area contributed by atoms with E-state index in [1.165, 1.54) is 0 Å². The maximum atomic E-state index is 9.32. The van der Waals surface area contributed by atoms with Crippen LogP contribution >= 0.6 is 0 Å². The molecule has 1 aliphatic heterocycles. The molecule has 1 saturated heterocycles. The predicted molar refractivity (Wildman–Crippen MR) is 76.0 cm³/mol. The van der Waals surface area contributed by atoms with Gasteiger partial charge in [-0.2, -0.15) is 0 Å². The summed E-state index contributed by atoms with van der Waals surface area (Å²) in [7, 11) is 1.62. The molecule has 1 aromatic carbocycles. The molecule has 0 radical (unpaired) electrons. The van der Waals surface area contributed by atoms with Gasteiger partial charge in [0, 0.05) is 31.3 Å². The average molecular weight is 263 g/mol. The summed E-state index contributed by atoms with van der Waals surface area (Å²) in [5.74, 6) is 1.11. The first-order valence-electron chi connectivity index (χ1n) is 6.54. The number of nitrogens with two attached hydrogens (primary N) is 1. The molecule has 5 heteroatoms. The molecule has 5 nitrogen and oxygen atoms in total. The number of aliphatic hydroxyl groups excluding tert-OH is 1. The van der Waals surface area contributed by atoms with Crippen molar-refractivity contribution < 1.29 is 9.84 Å². The third-order valence-electron chi connectivity index (χ3n) is 3.61. The highest BCUT2D eigenvalue weighted by Crippen LogP contribution is 2.29. The Kier molecular flexibility index (Phi) is 4.27. The topological polar surface area (TPSA) is 82.6 Å². The molecule has 2 rings (SSSR count). The van der Waals surface area contributed by atoms with Gasteiger partial charge in [-0.25, -0.2) is 0 Å². The van der Waals surface area contributed by atoms with Gasteiger partial charge in [0.2, 0.25) is 0 Å². The maximum absolute atomic E-state index is 9.32. The van der Waals surface area contributed by atoms with Gasteiger partial charge < -0.3 is 20.5 Å². The highest BCUT2D eigenvalue weighted by Gasteiger charge is 2.22. The highest BCUT2D eigenvalue weighted by molar-refractivity contribution is 6.00. The Labute approximate surface area is 113 Å². The molecule has 0 saturated carbocycles. The summed E-state index contributed by atoms with van der Waals surface area (Å²) in [6.07, 6.45) is 2.09. The molecule has 0 aromatic heterocycles. The molecule has 19 heavy (non-hydrogen) atoms. The Morgan fingerprint density at radius 2 is 2.37 bits per heavy atom. The van der Waals surface area contributed by atoms with Gasteiger partial charge in [-0.05, 0) is 30.9 Å². The lowest BCUT2D eigenvalue weighted by molar-refractivity contribution is 0.208. The maximum Gasteiger partial charge on any atom is 0.124 e. The van der Waals surface area contributed by atoms with E-state index in [4.69, 9.17) is 15.9 Å². The summed E-state index contributed by atoms with van der Waals surface area (Å²) in [6, 6.07) is 5.54. The number of hydrogen-bond donors (Lipinski definition) is 3. The van der Waals surface area contributed by atoms with E-state index in [0.29, 0.717) is 5.92 Å². The van der Waals surface area contributed by atoms with Gasteiger partial charge in [0.05, 0.1) is 12.8 Å². The van der Waals surface area contributed by atoms with E-state index in [1.54, 1.807) is 7.11 Å². The molecule has 0 bridgehead atoms. The molecular weight excluding hydrogens is 242 g/mol. The molecule has 0 spiro atoms. The van der Waals surface area contributed by atoms with Crippen LogP contribution in [0.4, 0.5) is 5.69 Å². The van der Waals surface area contributed by atoms with E-state index in [0.717, 1.165) is 42.9 Å². The number of nitrogen functional groups attached to an aromatic ring is 1. The van der Waals surface area contributed by atoms with E-state index in [-0.39, 0.29) is 12.4 Å². The Bertz CT molecular complexity index is 462. The Morgan fingerprint density at radius 1 is 1.58 bits per heavy atom. The molecule has 104 valence electrons. The van der Waals surface area contributed by atoms with Crippen LogP contribution in [0.25, 0.3) is 0 Å². The van der Waals surface area contributed by atoms with Crippen molar-refractivity contribution in [1.82, 2.24) is 0 Å².